The fourth-order valence-electron chi connectivity index (χ4n) is 10.6. The van der Waals surface area contributed by atoms with Gasteiger partial charge in [0.05, 0.1) is 75.8 Å². The maximum atomic E-state index is 12.8. The molecule has 0 spiro atoms. The minimum Gasteiger partial charge on any atom is -0.478 e. The number of aryl methyl sites for hydroxylation is 4. The summed E-state index contributed by atoms with van der Waals surface area (Å²) in [6, 6.07) is 43.9. The van der Waals surface area contributed by atoms with E-state index in [1.807, 2.05) is 24.3 Å². The number of methoxy groups -OCH3 is 2. The van der Waals surface area contributed by atoms with Gasteiger partial charge in [-0.3, -0.25) is 9.59 Å². The van der Waals surface area contributed by atoms with Crippen LogP contribution >= 0.6 is 0 Å². The summed E-state index contributed by atoms with van der Waals surface area (Å²) in [5, 5.41) is 66.2. The number of hydrogen-bond acceptors (Lipinski definition) is 20. The SMILES string of the molecule is CN(C)C(=O)c1ccc(Cc2ccc(C(F)(F)F)cc2)c(-c2nnn(C)n2)c1.COC(=O)c1ccc(Cc2ccc(C(=O)N(C)C)cc2)c(-c2nnn(C)n2)c1.COC(=O)c1ccc(Cc2ccc(C(=O)O)cc2)c(-c2nnn(C)n2)c1.Cn1nnc(-c2cc(C(=O)O)ccc2Cc2ccc(C(F)(F)F)cc2)n1. The highest BCUT2D eigenvalue weighted by molar-refractivity contribution is 5.96. The van der Waals surface area contributed by atoms with Gasteiger partial charge in [-0.2, -0.15) is 45.5 Å². The van der Waals surface area contributed by atoms with Gasteiger partial charge in [-0.15, -0.1) is 40.8 Å². The molecule has 0 saturated heterocycles. The Labute approximate surface area is 611 Å². The summed E-state index contributed by atoms with van der Waals surface area (Å²) in [5.41, 5.74) is 9.80. The molecule has 0 unspecified atom stereocenters. The molecule has 2 amide bonds. The van der Waals surface area contributed by atoms with Gasteiger partial charge in [-0.1, -0.05) is 72.8 Å². The first-order valence-corrected chi connectivity index (χ1v) is 32.3. The highest BCUT2D eigenvalue weighted by Gasteiger charge is 2.31. The zero-order valence-electron chi connectivity index (χ0n) is 59.5. The van der Waals surface area contributed by atoms with Gasteiger partial charge in [0.15, 0.2) is 0 Å². The number of tetrazole rings is 4. The van der Waals surface area contributed by atoms with E-state index >= 15 is 0 Å². The Morgan fingerprint density at radius 3 is 0.852 bits per heavy atom. The van der Waals surface area contributed by atoms with Gasteiger partial charge in [0.1, 0.15) is 0 Å². The minimum atomic E-state index is -4.39. The first-order chi connectivity index (χ1) is 51.2. The third-order valence-electron chi connectivity index (χ3n) is 16.1. The van der Waals surface area contributed by atoms with Crippen LogP contribution in [0.3, 0.4) is 0 Å². The van der Waals surface area contributed by atoms with E-state index in [4.69, 9.17) is 14.6 Å². The Morgan fingerprint density at radius 2 is 0.593 bits per heavy atom. The number of nitrogens with zero attached hydrogens (tertiary/aromatic N) is 18. The predicted octanol–water partition coefficient (Wildman–Crippen LogP) is 10.3. The Kier molecular flexibility index (Phi) is 25.0. The van der Waals surface area contributed by atoms with Crippen LogP contribution in [0.4, 0.5) is 26.3 Å². The number of carboxylic acids is 2. The van der Waals surface area contributed by atoms with Crippen molar-refractivity contribution in [3.05, 3.63) is 259 Å². The molecule has 0 atom stereocenters. The van der Waals surface area contributed by atoms with Crippen molar-refractivity contribution < 1.29 is 74.8 Å². The third-order valence-corrected chi connectivity index (χ3v) is 16.1. The minimum absolute atomic E-state index is 0.0431. The molecule has 12 aromatic rings. The lowest BCUT2D eigenvalue weighted by Crippen LogP contribution is -2.21. The number of aromatic nitrogens is 16. The largest absolute Gasteiger partial charge is 0.478 e. The van der Waals surface area contributed by atoms with Crippen LogP contribution in [0.1, 0.15) is 118 Å². The zero-order chi connectivity index (χ0) is 78.3. The number of aromatic carboxylic acids is 2. The summed E-state index contributed by atoms with van der Waals surface area (Å²) in [5.74, 6) is -1.74. The molecule has 108 heavy (non-hydrogen) atoms. The van der Waals surface area contributed by atoms with Crippen LogP contribution in [0.2, 0.25) is 0 Å². The normalized spacial score (nSPS) is 11.0. The molecule has 0 fully saturated rings. The van der Waals surface area contributed by atoms with E-state index in [9.17, 15) is 60.2 Å². The van der Waals surface area contributed by atoms with Crippen molar-refractivity contribution in [2.24, 2.45) is 28.2 Å². The van der Waals surface area contributed by atoms with E-state index in [-0.39, 0.29) is 28.8 Å². The Morgan fingerprint density at radius 1 is 0.352 bits per heavy atom. The number of rotatable bonds is 18. The first-order valence-electron chi connectivity index (χ1n) is 32.3. The summed E-state index contributed by atoms with van der Waals surface area (Å²) in [6.45, 7) is 0. The molecule has 0 aliphatic carbocycles. The third kappa shape index (κ3) is 20.4. The average molecular weight is 1480 g/mol. The van der Waals surface area contributed by atoms with Crippen molar-refractivity contribution >= 4 is 35.7 Å². The fourth-order valence-corrected chi connectivity index (χ4v) is 10.6. The molecule has 0 saturated carbocycles. The number of esters is 2. The molecule has 0 radical (unpaired) electrons. The van der Waals surface area contributed by atoms with Crippen molar-refractivity contribution in [3.63, 3.8) is 0 Å². The van der Waals surface area contributed by atoms with Gasteiger partial charge < -0.3 is 29.5 Å². The number of hydrogen-bond donors (Lipinski definition) is 2. The molecule has 12 rings (SSSR count). The van der Waals surface area contributed by atoms with Crippen molar-refractivity contribution in [2.75, 3.05) is 42.4 Å². The van der Waals surface area contributed by atoms with Crippen LogP contribution in [0.5, 0.6) is 0 Å². The second-order valence-corrected chi connectivity index (χ2v) is 24.4. The Hall–Kier alpha value is -13.6. The van der Waals surface area contributed by atoms with Gasteiger partial charge in [0, 0.05) is 61.6 Å². The number of amides is 2. The molecule has 8 aromatic carbocycles. The van der Waals surface area contributed by atoms with E-state index < -0.39 is 47.4 Å². The highest BCUT2D eigenvalue weighted by Crippen LogP contribution is 2.34. The van der Waals surface area contributed by atoms with Crippen LogP contribution in [0.25, 0.3) is 45.6 Å². The van der Waals surface area contributed by atoms with E-state index in [0.717, 1.165) is 52.1 Å². The van der Waals surface area contributed by atoms with E-state index in [1.54, 1.807) is 146 Å². The molecule has 556 valence electrons. The number of carboxylic acid groups (broad SMARTS) is 2. The molecule has 28 nitrogen and oxygen atoms in total. The van der Waals surface area contributed by atoms with Gasteiger partial charge in [-0.25, -0.2) is 19.2 Å². The number of benzene rings is 8. The second kappa shape index (κ2) is 34.4. The molecule has 4 aromatic heterocycles. The quantitative estimate of drug-likeness (QED) is 0.0595. The van der Waals surface area contributed by atoms with E-state index in [2.05, 4.69) is 61.6 Å². The molecular formula is C74H68F6N18O10. The second-order valence-electron chi connectivity index (χ2n) is 24.4. The van der Waals surface area contributed by atoms with Crippen molar-refractivity contribution in [2.45, 2.75) is 38.0 Å². The van der Waals surface area contributed by atoms with Crippen LogP contribution < -0.4 is 0 Å². The average Bonchev–Trinajstić information content (AvgIpc) is 1.40. The summed E-state index contributed by atoms with van der Waals surface area (Å²) < 4.78 is 85.9. The van der Waals surface area contributed by atoms with Crippen molar-refractivity contribution in [1.82, 2.24) is 90.6 Å². The smallest absolute Gasteiger partial charge is 0.416 e. The van der Waals surface area contributed by atoms with Gasteiger partial charge in [0.25, 0.3) is 11.8 Å². The topological polar surface area (TPSA) is 342 Å². The fraction of sp³-hybridized carbons (Fsp3) is 0.216. The lowest BCUT2D eigenvalue weighted by molar-refractivity contribution is -0.138. The number of carbonyl (C=O) groups excluding carboxylic acids is 4. The first kappa shape index (κ1) is 78.6. The number of ether oxygens (including phenoxy) is 2. The van der Waals surface area contributed by atoms with Gasteiger partial charge in [0.2, 0.25) is 23.3 Å². The summed E-state index contributed by atoms with van der Waals surface area (Å²) in [6.07, 6.45) is -6.99. The number of halogens is 6. The van der Waals surface area contributed by atoms with Gasteiger partial charge >= 0.3 is 36.2 Å². The molecular weight excluding hydrogens is 1410 g/mol. The maximum absolute atomic E-state index is 12.8. The van der Waals surface area contributed by atoms with E-state index in [0.29, 0.717) is 104 Å². The lowest BCUT2D eigenvalue weighted by Gasteiger charge is -2.13. The van der Waals surface area contributed by atoms with Crippen LogP contribution in [-0.2, 0) is 75.7 Å². The summed E-state index contributed by atoms with van der Waals surface area (Å²) in [7, 11) is 15.9. The molecule has 2 N–H and O–H groups in total. The zero-order valence-corrected chi connectivity index (χ0v) is 59.5. The molecule has 0 aliphatic rings. The van der Waals surface area contributed by atoms with Crippen molar-refractivity contribution in [1.29, 1.82) is 0 Å². The van der Waals surface area contributed by atoms with Crippen LogP contribution in [-0.4, -0.2) is 179 Å². The molecule has 0 aliphatic heterocycles. The number of carbonyl (C=O) groups is 6. The Balaban J connectivity index is 0.000000166. The molecule has 34 heteroatoms. The summed E-state index contributed by atoms with van der Waals surface area (Å²) >= 11 is 0. The van der Waals surface area contributed by atoms with Crippen molar-refractivity contribution in [3.8, 4) is 45.6 Å². The highest BCUT2D eigenvalue weighted by atomic mass is 19.4. The predicted molar refractivity (Wildman–Crippen MR) is 377 cm³/mol. The Bertz CT molecular complexity index is 5210. The lowest BCUT2D eigenvalue weighted by atomic mass is 9.96. The van der Waals surface area contributed by atoms with Gasteiger partial charge in [-0.05, 0) is 188 Å². The van der Waals surface area contributed by atoms with Crippen LogP contribution in [0.15, 0.2) is 170 Å². The monoisotopic (exact) mass is 1480 g/mol. The maximum Gasteiger partial charge on any atom is 0.416 e. The van der Waals surface area contributed by atoms with Crippen LogP contribution in [0, 0.1) is 0 Å². The summed E-state index contributed by atoms with van der Waals surface area (Å²) in [4.78, 5) is 78.5. The molecule has 0 bridgehead atoms. The number of alkyl halides is 6. The standard InChI is InChI=1S/C20H21N5O3.C19H18F3N5O.C18H16N4O4.C17H13F3N4O2/c1-24(2)19(26)14-7-5-13(6-8-14)11-15-9-10-16(20(27)28-4)12-17(15)18-21-23-25(3)22-18;1-26(2)18(28)14-7-6-13(16(11-14)17-23-25-27(3)24-17)10-12-4-8-15(9-5-12)19(20,21)22;1-22-20-16(19-21-22)15-10-14(18(25)26-2)8-7-13(15)9-11-3-5-12(6-4-11)17(23)24;1-24-22-15(21-23-24)14-9-12(16(25)26)5-4-11(14)8-10-2-6-13(7-3-10)17(18,19)20/h5-10,12H,11H2,1-4H3;4-9,11H,10H2,1-3H3;3-8,10H,9H2,1-2H3,(H,23,24);2-7,9H,8H2,1H3,(H,25,26). The van der Waals surface area contributed by atoms with E-state index in [1.165, 1.54) is 74.7 Å². The molecule has 4 heterocycles.